The number of rotatable bonds is 6. The summed E-state index contributed by atoms with van der Waals surface area (Å²) in [4.78, 5) is 17.7. The van der Waals surface area contributed by atoms with Crippen LogP contribution in [-0.2, 0) is 0 Å². The van der Waals surface area contributed by atoms with Crippen LogP contribution in [0.25, 0.3) is 0 Å². The zero-order chi connectivity index (χ0) is 13.5. The summed E-state index contributed by atoms with van der Waals surface area (Å²) in [6.07, 6.45) is 3.31. The molecule has 1 amide bonds. The van der Waals surface area contributed by atoms with Crippen LogP contribution in [0.2, 0.25) is 5.15 Å². The van der Waals surface area contributed by atoms with Gasteiger partial charge in [-0.05, 0) is 6.07 Å². The lowest BCUT2D eigenvalue weighted by Gasteiger charge is -2.19. The molecule has 18 heavy (non-hydrogen) atoms. The first kappa shape index (κ1) is 14.3. The van der Waals surface area contributed by atoms with Crippen molar-refractivity contribution in [2.75, 3.05) is 20.2 Å². The molecule has 0 aliphatic carbocycles. The van der Waals surface area contributed by atoms with E-state index in [2.05, 4.69) is 18.1 Å². The molecule has 0 radical (unpaired) electrons. The Morgan fingerprint density at radius 3 is 2.56 bits per heavy atom. The molecule has 0 saturated carbocycles. The first-order valence-electron chi connectivity index (χ1n) is 5.35. The van der Waals surface area contributed by atoms with Crippen LogP contribution >= 0.6 is 11.6 Å². The summed E-state index contributed by atoms with van der Waals surface area (Å²) in [6, 6.07) is 3.05. The van der Waals surface area contributed by atoms with Crippen LogP contribution in [-0.4, -0.2) is 36.0 Å². The number of ether oxygens (including phenoxy) is 1. The molecule has 0 bridgehead atoms. The lowest BCUT2D eigenvalue weighted by molar-refractivity contribution is 0.0790. The second-order valence-corrected chi connectivity index (χ2v) is 3.90. The lowest BCUT2D eigenvalue weighted by atomic mass is 10.2. The van der Waals surface area contributed by atoms with E-state index in [-0.39, 0.29) is 11.1 Å². The van der Waals surface area contributed by atoms with Gasteiger partial charge in [0, 0.05) is 24.7 Å². The average Bonchev–Trinajstić information content (AvgIpc) is 2.36. The lowest BCUT2D eigenvalue weighted by Crippen LogP contribution is -2.31. The van der Waals surface area contributed by atoms with Gasteiger partial charge in [0.15, 0.2) is 0 Å². The summed E-state index contributed by atoms with van der Waals surface area (Å²) in [5.74, 6) is 0.139. The summed E-state index contributed by atoms with van der Waals surface area (Å²) in [6.45, 7) is 8.11. The van der Waals surface area contributed by atoms with Crippen LogP contribution in [0, 0.1) is 0 Å². The Morgan fingerprint density at radius 2 is 2.06 bits per heavy atom. The highest BCUT2D eigenvalue weighted by molar-refractivity contribution is 6.29. The fourth-order valence-corrected chi connectivity index (χ4v) is 1.64. The van der Waals surface area contributed by atoms with Crippen LogP contribution in [0.15, 0.2) is 37.4 Å². The highest BCUT2D eigenvalue weighted by Crippen LogP contribution is 2.17. The Morgan fingerprint density at radius 1 is 1.44 bits per heavy atom. The molecule has 0 aliphatic heterocycles. The van der Waals surface area contributed by atoms with Crippen molar-refractivity contribution < 1.29 is 9.53 Å². The third-order valence-corrected chi connectivity index (χ3v) is 2.41. The summed E-state index contributed by atoms with van der Waals surface area (Å²) < 4.78 is 4.98. The predicted octanol–water partition coefficient (Wildman–Crippen LogP) is 2.56. The van der Waals surface area contributed by atoms with Gasteiger partial charge in [-0.2, -0.15) is 0 Å². The molecule has 0 atom stereocenters. The average molecular weight is 267 g/mol. The first-order chi connectivity index (χ1) is 8.62. The van der Waals surface area contributed by atoms with Crippen LogP contribution in [0.4, 0.5) is 0 Å². The zero-order valence-electron chi connectivity index (χ0n) is 10.2. The normalized spacial score (nSPS) is 9.67. The second kappa shape index (κ2) is 6.81. The zero-order valence-corrected chi connectivity index (χ0v) is 11.0. The van der Waals surface area contributed by atoms with E-state index >= 15 is 0 Å². The number of aromatic nitrogens is 1. The van der Waals surface area contributed by atoms with E-state index in [9.17, 15) is 4.79 Å². The molecular formula is C13H15ClN2O2. The van der Waals surface area contributed by atoms with Gasteiger partial charge in [-0.1, -0.05) is 23.8 Å². The first-order valence-corrected chi connectivity index (χ1v) is 5.72. The Balaban J connectivity index is 3.03. The molecule has 0 saturated heterocycles. The van der Waals surface area contributed by atoms with Gasteiger partial charge in [0.1, 0.15) is 5.15 Å². The van der Waals surface area contributed by atoms with Gasteiger partial charge >= 0.3 is 0 Å². The number of nitrogens with zero attached hydrogens (tertiary/aromatic N) is 2. The van der Waals surface area contributed by atoms with E-state index in [4.69, 9.17) is 16.3 Å². The molecule has 1 rings (SSSR count). The molecule has 0 spiro atoms. The largest absolute Gasteiger partial charge is 0.481 e. The van der Waals surface area contributed by atoms with Crippen molar-refractivity contribution >= 4 is 17.5 Å². The van der Waals surface area contributed by atoms with E-state index in [1.54, 1.807) is 23.1 Å². The third kappa shape index (κ3) is 3.60. The van der Waals surface area contributed by atoms with E-state index in [0.717, 1.165) is 0 Å². The molecule has 1 heterocycles. The number of amides is 1. The van der Waals surface area contributed by atoms with Crippen molar-refractivity contribution in [1.29, 1.82) is 0 Å². The fourth-order valence-electron chi connectivity index (χ4n) is 1.44. The monoisotopic (exact) mass is 266 g/mol. The topological polar surface area (TPSA) is 42.4 Å². The molecule has 0 unspecified atom stereocenters. The molecule has 0 N–H and O–H groups in total. The summed E-state index contributed by atoms with van der Waals surface area (Å²) in [5.41, 5.74) is 0.426. The van der Waals surface area contributed by atoms with Crippen molar-refractivity contribution in [3.05, 3.63) is 48.2 Å². The van der Waals surface area contributed by atoms with Gasteiger partial charge in [-0.3, -0.25) is 4.79 Å². The Kier molecular flexibility index (Phi) is 5.39. The van der Waals surface area contributed by atoms with Crippen LogP contribution in [0.3, 0.4) is 0 Å². The van der Waals surface area contributed by atoms with Crippen molar-refractivity contribution in [1.82, 2.24) is 9.88 Å². The van der Waals surface area contributed by atoms with Gasteiger partial charge in [-0.25, -0.2) is 4.98 Å². The van der Waals surface area contributed by atoms with E-state index in [0.29, 0.717) is 24.5 Å². The standard InChI is InChI=1S/C13H15ClN2O2/c1-4-6-16(7-5-2)13(17)10-8-11(14)15-12(9-10)18-3/h4-5,8-9H,1-2,6-7H2,3H3. The smallest absolute Gasteiger partial charge is 0.254 e. The maximum Gasteiger partial charge on any atom is 0.254 e. The van der Waals surface area contributed by atoms with Crippen LogP contribution < -0.4 is 4.74 Å². The maximum absolute atomic E-state index is 12.2. The van der Waals surface area contributed by atoms with Crippen LogP contribution in [0.1, 0.15) is 10.4 Å². The van der Waals surface area contributed by atoms with Gasteiger partial charge in [0.25, 0.3) is 5.91 Å². The van der Waals surface area contributed by atoms with Crippen molar-refractivity contribution in [3.63, 3.8) is 0 Å². The van der Waals surface area contributed by atoms with Gasteiger partial charge < -0.3 is 9.64 Å². The number of methoxy groups -OCH3 is 1. The minimum Gasteiger partial charge on any atom is -0.481 e. The minimum absolute atomic E-state index is 0.169. The molecule has 4 nitrogen and oxygen atoms in total. The summed E-state index contributed by atoms with van der Waals surface area (Å²) >= 11 is 5.83. The molecule has 1 aromatic heterocycles. The number of carbonyl (C=O) groups is 1. The quantitative estimate of drug-likeness (QED) is 0.587. The minimum atomic E-state index is -0.169. The Bertz CT molecular complexity index is 450. The summed E-state index contributed by atoms with van der Waals surface area (Å²) in [7, 11) is 1.47. The number of hydrogen-bond acceptors (Lipinski definition) is 3. The Hall–Kier alpha value is -1.81. The number of carbonyl (C=O) groups excluding carboxylic acids is 1. The molecule has 96 valence electrons. The van der Waals surface area contributed by atoms with Crippen LogP contribution in [0.5, 0.6) is 5.88 Å². The van der Waals surface area contributed by atoms with E-state index in [1.165, 1.54) is 13.2 Å². The highest BCUT2D eigenvalue weighted by Gasteiger charge is 2.15. The molecule has 0 aliphatic rings. The number of pyridine rings is 1. The second-order valence-electron chi connectivity index (χ2n) is 3.51. The van der Waals surface area contributed by atoms with Crippen molar-refractivity contribution in [2.24, 2.45) is 0 Å². The predicted molar refractivity (Wildman–Crippen MR) is 72.1 cm³/mol. The molecular weight excluding hydrogens is 252 g/mol. The van der Waals surface area contributed by atoms with Gasteiger partial charge in [-0.15, -0.1) is 13.2 Å². The molecule has 0 fully saturated rings. The van der Waals surface area contributed by atoms with Crippen molar-refractivity contribution in [2.45, 2.75) is 0 Å². The van der Waals surface area contributed by atoms with Gasteiger partial charge in [0.2, 0.25) is 5.88 Å². The fraction of sp³-hybridized carbons (Fsp3) is 0.231. The van der Waals surface area contributed by atoms with E-state index < -0.39 is 0 Å². The summed E-state index contributed by atoms with van der Waals surface area (Å²) in [5, 5.41) is 0.217. The van der Waals surface area contributed by atoms with Crippen molar-refractivity contribution in [3.8, 4) is 5.88 Å². The number of hydrogen-bond donors (Lipinski definition) is 0. The molecule has 1 aromatic rings. The number of halogens is 1. The van der Waals surface area contributed by atoms with E-state index in [1.807, 2.05) is 0 Å². The molecule has 5 heteroatoms. The SMILES string of the molecule is C=CCN(CC=C)C(=O)c1cc(Cl)nc(OC)c1. The Labute approximate surface area is 112 Å². The molecule has 0 aromatic carbocycles. The maximum atomic E-state index is 12.2. The highest BCUT2D eigenvalue weighted by atomic mass is 35.5. The van der Waals surface area contributed by atoms with Gasteiger partial charge in [0.05, 0.1) is 7.11 Å². The third-order valence-electron chi connectivity index (χ3n) is 2.21.